The molecule has 6 rings (SSSR count). The molecule has 0 amide bonds. The topological polar surface area (TPSA) is 128 Å². The van der Waals surface area contributed by atoms with Crippen molar-refractivity contribution >= 4 is 29.7 Å². The van der Waals surface area contributed by atoms with Crippen molar-refractivity contribution in [2.24, 2.45) is 17.8 Å². The number of aliphatic hydroxyl groups is 1. The molecule has 9 nitrogen and oxygen atoms in total. The minimum Gasteiger partial charge on any atom is -0.468 e. The normalized spacial score (nSPS) is 25.4. The monoisotopic (exact) mass is 680 g/mol. The summed E-state index contributed by atoms with van der Waals surface area (Å²) in [4.78, 5) is 33.8. The van der Waals surface area contributed by atoms with Crippen LogP contribution in [0.5, 0.6) is 0 Å². The number of fused-ring (bicyclic) bond motifs is 8. The molecule has 0 spiro atoms. The molecule has 3 aliphatic heterocycles. The zero-order valence-corrected chi connectivity index (χ0v) is 30.9. The van der Waals surface area contributed by atoms with Crippen LogP contribution >= 0.6 is 0 Å². The Hall–Kier alpha value is -4.50. The summed E-state index contributed by atoms with van der Waals surface area (Å²) in [6.45, 7) is 17.2. The Balaban J connectivity index is 1.59. The number of carbonyl (C=O) groups is 2. The number of ether oxygens (including phenoxy) is 2. The molecule has 0 saturated carbocycles. The highest BCUT2D eigenvalue weighted by atomic mass is 16.5. The number of esters is 2. The van der Waals surface area contributed by atoms with Gasteiger partial charge in [0, 0.05) is 68.9 Å². The number of H-pyrrole nitrogens is 2. The SMILES string of the molecule is CC/C(C)=C/COC(=O)CCC1=C2N/C(=C\C3=C(C)[C@H](CC)/C(=C/c4[nH]c(c(CC)c4C)/C=c4\[nH]c5c(c4C)[C@@H](O)[C@H](C(=O)OC)C=52)N3)[C@H]1C. The fourth-order valence-corrected chi connectivity index (χ4v) is 8.13. The molecule has 0 aromatic carbocycles. The zero-order chi connectivity index (χ0) is 36.0. The number of aromatic amines is 2. The maximum Gasteiger partial charge on any atom is 0.316 e. The van der Waals surface area contributed by atoms with E-state index in [1.807, 2.05) is 19.9 Å². The lowest BCUT2D eigenvalue weighted by molar-refractivity contribution is -0.146. The molecule has 9 heteroatoms. The first-order valence-electron chi connectivity index (χ1n) is 18.1. The van der Waals surface area contributed by atoms with Crippen molar-refractivity contribution in [3.05, 3.63) is 96.0 Å². The summed E-state index contributed by atoms with van der Waals surface area (Å²) in [5.74, 6) is -1.60. The van der Waals surface area contributed by atoms with Gasteiger partial charge in [0.05, 0.1) is 18.6 Å². The summed E-state index contributed by atoms with van der Waals surface area (Å²) in [7, 11) is 1.35. The van der Waals surface area contributed by atoms with E-state index >= 15 is 0 Å². The Morgan fingerprint density at radius 1 is 0.980 bits per heavy atom. The minimum atomic E-state index is -1.11. The fourth-order valence-electron chi connectivity index (χ4n) is 8.13. The minimum absolute atomic E-state index is 0.0973. The quantitative estimate of drug-likeness (QED) is 0.171. The fraction of sp³-hybridized carbons (Fsp3) is 0.463. The van der Waals surface area contributed by atoms with E-state index in [9.17, 15) is 14.7 Å². The van der Waals surface area contributed by atoms with Crippen LogP contribution in [0.25, 0.3) is 17.7 Å². The maximum absolute atomic E-state index is 13.5. The molecular weight excluding hydrogens is 628 g/mol. The van der Waals surface area contributed by atoms with Gasteiger partial charge in [-0.15, -0.1) is 0 Å². The molecule has 0 saturated heterocycles. The van der Waals surface area contributed by atoms with E-state index in [0.717, 1.165) is 69.9 Å². The van der Waals surface area contributed by atoms with Gasteiger partial charge in [-0.2, -0.15) is 0 Å². The third-order valence-corrected chi connectivity index (χ3v) is 11.4. The predicted molar refractivity (Wildman–Crippen MR) is 196 cm³/mol. The van der Waals surface area contributed by atoms with Gasteiger partial charge in [0.25, 0.3) is 0 Å². The molecule has 0 fully saturated rings. The largest absolute Gasteiger partial charge is 0.468 e. The van der Waals surface area contributed by atoms with Crippen molar-refractivity contribution in [1.29, 1.82) is 0 Å². The maximum atomic E-state index is 13.5. The number of aliphatic hydroxyl groups excluding tert-OH is 1. The van der Waals surface area contributed by atoms with Crippen molar-refractivity contribution in [1.82, 2.24) is 20.6 Å². The number of hydrogen-bond donors (Lipinski definition) is 5. The van der Waals surface area contributed by atoms with Crippen LogP contribution in [0.15, 0.2) is 51.7 Å². The van der Waals surface area contributed by atoms with Gasteiger partial charge in [0.2, 0.25) is 0 Å². The van der Waals surface area contributed by atoms with Gasteiger partial charge in [0.1, 0.15) is 12.5 Å². The number of allylic oxidation sites excluding steroid dienone is 5. The lowest BCUT2D eigenvalue weighted by atomic mass is 9.89. The van der Waals surface area contributed by atoms with Gasteiger partial charge in [-0.25, -0.2) is 0 Å². The first-order chi connectivity index (χ1) is 23.9. The van der Waals surface area contributed by atoms with Crippen LogP contribution in [-0.4, -0.2) is 40.7 Å². The molecule has 2 aromatic heterocycles. The highest BCUT2D eigenvalue weighted by Crippen LogP contribution is 2.45. The smallest absolute Gasteiger partial charge is 0.316 e. The Bertz CT molecular complexity index is 2030. The number of rotatable bonds is 9. The van der Waals surface area contributed by atoms with Crippen LogP contribution < -0.4 is 21.3 Å². The summed E-state index contributed by atoms with van der Waals surface area (Å²) in [6.07, 6.45) is 10.7. The van der Waals surface area contributed by atoms with Crippen LogP contribution in [0.1, 0.15) is 107 Å². The van der Waals surface area contributed by atoms with Gasteiger partial charge in [0.15, 0.2) is 0 Å². The number of aromatic nitrogens is 2. The highest BCUT2D eigenvalue weighted by molar-refractivity contribution is 5.92. The summed E-state index contributed by atoms with van der Waals surface area (Å²) in [5.41, 5.74) is 14.1. The van der Waals surface area contributed by atoms with Crippen LogP contribution in [0, 0.1) is 31.6 Å². The van der Waals surface area contributed by atoms with E-state index < -0.39 is 18.0 Å². The molecule has 2 aromatic rings. The Labute approximate surface area is 295 Å². The third-order valence-electron chi connectivity index (χ3n) is 11.4. The number of nitrogens with one attached hydrogen (secondary N) is 4. The first-order valence-corrected chi connectivity index (χ1v) is 18.1. The molecule has 1 aliphatic carbocycles. The summed E-state index contributed by atoms with van der Waals surface area (Å²) >= 11 is 0. The van der Waals surface area contributed by atoms with E-state index in [4.69, 9.17) is 9.47 Å². The predicted octanol–water partition coefficient (Wildman–Crippen LogP) is 5.65. The molecule has 0 unspecified atom stereocenters. The second-order valence-corrected chi connectivity index (χ2v) is 14.1. The molecule has 5 N–H and O–H groups in total. The molecule has 8 bridgehead atoms. The lowest BCUT2D eigenvalue weighted by Gasteiger charge is -2.20. The van der Waals surface area contributed by atoms with Crippen molar-refractivity contribution in [3.63, 3.8) is 0 Å². The number of hydrogen-bond acceptors (Lipinski definition) is 7. The van der Waals surface area contributed by atoms with Crippen LogP contribution in [0.2, 0.25) is 0 Å². The van der Waals surface area contributed by atoms with Gasteiger partial charge in [-0.1, -0.05) is 33.3 Å². The van der Waals surface area contributed by atoms with Crippen LogP contribution in [0.3, 0.4) is 0 Å². The average Bonchev–Trinajstić information content (AvgIpc) is 3.84. The van der Waals surface area contributed by atoms with Gasteiger partial charge in [-0.05, 0) is 106 Å². The Morgan fingerprint density at radius 2 is 1.74 bits per heavy atom. The van der Waals surface area contributed by atoms with Gasteiger partial charge in [-0.3, -0.25) is 9.59 Å². The highest BCUT2D eigenvalue weighted by Gasteiger charge is 2.45. The van der Waals surface area contributed by atoms with E-state index in [1.165, 1.54) is 29.4 Å². The molecular formula is C41H52N4O5. The van der Waals surface area contributed by atoms with Crippen molar-refractivity contribution in [2.45, 2.75) is 93.6 Å². The standard InChI is InChI=1S/C41H52N4O5/c1-10-20(4)15-16-50-34(46)14-13-27-23(7)30-17-28-21(5)25(11-2)32(42-28)18-29-22(6)26(12-3)33(43-29)19-31-24(8)35-39(45-31)36(38(27)44-30)37(40(35)47)41(48)49-9/h15,17-19,23,25,37,40,42-45,47H,10-14,16H2,1-9H3/b20-15+,30-17-,31-19-,32-18-/t23-,25-,37+,40+/m0/s1. The molecule has 0 radical (unpaired) electrons. The molecule has 50 heavy (non-hydrogen) atoms. The lowest BCUT2D eigenvalue weighted by Crippen LogP contribution is -2.27. The van der Waals surface area contributed by atoms with E-state index in [0.29, 0.717) is 22.9 Å². The average molecular weight is 681 g/mol. The Morgan fingerprint density at radius 3 is 2.42 bits per heavy atom. The van der Waals surface area contributed by atoms with Crippen LogP contribution in [-0.2, 0) is 25.5 Å². The van der Waals surface area contributed by atoms with Crippen molar-refractivity contribution in [2.75, 3.05) is 13.7 Å². The van der Waals surface area contributed by atoms with E-state index in [1.54, 1.807) is 0 Å². The first kappa shape index (κ1) is 35.3. The van der Waals surface area contributed by atoms with Gasteiger partial charge >= 0.3 is 11.9 Å². The van der Waals surface area contributed by atoms with Crippen molar-refractivity contribution in [3.8, 4) is 0 Å². The van der Waals surface area contributed by atoms with Crippen LogP contribution in [0.4, 0.5) is 0 Å². The van der Waals surface area contributed by atoms with E-state index in [2.05, 4.69) is 80.4 Å². The molecule has 4 atom stereocenters. The second-order valence-electron chi connectivity index (χ2n) is 14.1. The molecule has 266 valence electrons. The molecule has 5 heterocycles. The summed E-state index contributed by atoms with van der Waals surface area (Å²) in [5, 5.41) is 20.9. The van der Waals surface area contributed by atoms with Gasteiger partial charge < -0.3 is 35.2 Å². The van der Waals surface area contributed by atoms with E-state index in [-0.39, 0.29) is 30.8 Å². The number of carbonyl (C=O) groups excluding carboxylic acids is 2. The van der Waals surface area contributed by atoms with Crippen molar-refractivity contribution < 1.29 is 24.2 Å². The zero-order valence-electron chi connectivity index (χ0n) is 30.9. The summed E-state index contributed by atoms with van der Waals surface area (Å²) in [6, 6.07) is 0. The Kier molecular flexibility index (Phi) is 9.91. The summed E-state index contributed by atoms with van der Waals surface area (Å²) < 4.78 is 10.9. The molecule has 4 aliphatic rings. The number of methoxy groups -OCH3 is 1. The third kappa shape index (κ3) is 5.99. The second kappa shape index (κ2) is 14.0.